The normalized spacial score (nSPS) is 9.35. The first-order valence-electron chi connectivity index (χ1n) is 6.32. The molecule has 0 spiro atoms. The van der Waals surface area contributed by atoms with Crippen LogP contribution in [-0.4, -0.2) is 43.9 Å². The van der Waals surface area contributed by atoms with Crippen molar-refractivity contribution in [1.82, 2.24) is 10.2 Å². The van der Waals surface area contributed by atoms with E-state index < -0.39 is 0 Å². The number of nitrogens with two attached hydrogens (primary N) is 1. The summed E-state index contributed by atoms with van der Waals surface area (Å²) >= 11 is 0. The van der Waals surface area contributed by atoms with Crippen LogP contribution >= 0.6 is 0 Å². The summed E-state index contributed by atoms with van der Waals surface area (Å²) in [4.78, 5) is 24.7. The van der Waals surface area contributed by atoms with Gasteiger partial charge in [0.15, 0.2) is 0 Å². The molecule has 0 saturated carbocycles. The third kappa shape index (κ3) is 5.12. The average molecular weight is 273 g/mol. The van der Waals surface area contributed by atoms with Crippen molar-refractivity contribution in [2.75, 3.05) is 27.2 Å². The Morgan fingerprint density at radius 2 is 1.90 bits per heavy atom. The van der Waals surface area contributed by atoms with Crippen LogP contribution in [0.25, 0.3) is 0 Å². The summed E-state index contributed by atoms with van der Waals surface area (Å²) in [6, 6.07) is 6.93. The zero-order valence-electron chi connectivity index (χ0n) is 11.8. The van der Waals surface area contributed by atoms with Crippen LogP contribution in [-0.2, 0) is 4.79 Å². The molecule has 20 heavy (non-hydrogen) atoms. The highest BCUT2D eigenvalue weighted by Crippen LogP contribution is 2.03. The van der Waals surface area contributed by atoms with E-state index in [1.165, 1.54) is 4.90 Å². The minimum atomic E-state index is -0.199. The smallest absolute Gasteiger partial charge is 0.251 e. The zero-order chi connectivity index (χ0) is 15.0. The highest BCUT2D eigenvalue weighted by molar-refractivity contribution is 5.94. The maximum atomic E-state index is 11.8. The lowest BCUT2D eigenvalue weighted by Gasteiger charge is -2.10. The maximum Gasteiger partial charge on any atom is 0.251 e. The van der Waals surface area contributed by atoms with Crippen LogP contribution in [0.2, 0.25) is 0 Å². The van der Waals surface area contributed by atoms with Gasteiger partial charge in [0.05, 0.1) is 6.54 Å². The van der Waals surface area contributed by atoms with Crippen molar-refractivity contribution in [3.8, 4) is 11.8 Å². The lowest BCUT2D eigenvalue weighted by Crippen LogP contribution is -2.30. The number of rotatable bonds is 4. The number of carbonyl (C=O) groups is 2. The highest BCUT2D eigenvalue weighted by atomic mass is 16.2. The van der Waals surface area contributed by atoms with E-state index >= 15 is 0 Å². The Morgan fingerprint density at radius 1 is 1.25 bits per heavy atom. The summed E-state index contributed by atoms with van der Waals surface area (Å²) in [5.74, 6) is 5.41. The molecule has 3 N–H and O–H groups in total. The van der Waals surface area contributed by atoms with Gasteiger partial charge in [-0.25, -0.2) is 0 Å². The lowest BCUT2D eigenvalue weighted by atomic mass is 10.1. The molecule has 0 bridgehead atoms. The summed E-state index contributed by atoms with van der Waals surface area (Å²) < 4.78 is 0. The van der Waals surface area contributed by atoms with E-state index in [0.29, 0.717) is 25.1 Å². The van der Waals surface area contributed by atoms with Crippen LogP contribution in [0, 0.1) is 11.8 Å². The second-order valence-corrected chi connectivity index (χ2v) is 4.38. The first-order valence-corrected chi connectivity index (χ1v) is 6.32. The van der Waals surface area contributed by atoms with Crippen molar-refractivity contribution in [1.29, 1.82) is 0 Å². The van der Waals surface area contributed by atoms with Crippen molar-refractivity contribution in [3.05, 3.63) is 35.4 Å². The minimum Gasteiger partial charge on any atom is -0.352 e. The summed E-state index contributed by atoms with van der Waals surface area (Å²) in [6.07, 6.45) is 0.290. The third-order valence-corrected chi connectivity index (χ3v) is 2.61. The largest absolute Gasteiger partial charge is 0.352 e. The second kappa shape index (κ2) is 7.97. The topological polar surface area (TPSA) is 75.4 Å². The predicted octanol–water partition coefficient (Wildman–Crippen LogP) is 0.205. The van der Waals surface area contributed by atoms with Crippen molar-refractivity contribution < 1.29 is 9.59 Å². The third-order valence-electron chi connectivity index (χ3n) is 2.61. The molecule has 0 saturated heterocycles. The van der Waals surface area contributed by atoms with Gasteiger partial charge in [0.2, 0.25) is 5.91 Å². The van der Waals surface area contributed by atoms with Crippen molar-refractivity contribution >= 4 is 11.8 Å². The van der Waals surface area contributed by atoms with Gasteiger partial charge in [0.25, 0.3) is 5.91 Å². The molecule has 2 amide bonds. The first kappa shape index (κ1) is 15.7. The SMILES string of the molecule is CN(C)C(=O)CCNC(=O)c1ccc(C#CCN)cc1. The Balaban J connectivity index is 2.50. The Morgan fingerprint density at radius 3 is 2.45 bits per heavy atom. The molecule has 0 aliphatic carbocycles. The molecule has 1 rings (SSSR count). The Bertz CT molecular complexity index is 524. The van der Waals surface area contributed by atoms with E-state index in [9.17, 15) is 9.59 Å². The van der Waals surface area contributed by atoms with E-state index in [4.69, 9.17) is 5.73 Å². The molecule has 0 radical (unpaired) electrons. The first-order chi connectivity index (χ1) is 9.54. The van der Waals surface area contributed by atoms with Gasteiger partial charge in [0, 0.05) is 38.2 Å². The fourth-order valence-electron chi connectivity index (χ4n) is 1.47. The zero-order valence-corrected chi connectivity index (χ0v) is 11.8. The molecule has 0 unspecified atom stereocenters. The minimum absolute atomic E-state index is 0.0160. The number of carbonyl (C=O) groups excluding carboxylic acids is 2. The Kier molecular flexibility index (Phi) is 6.27. The van der Waals surface area contributed by atoms with Gasteiger partial charge < -0.3 is 16.0 Å². The average Bonchev–Trinajstić information content (AvgIpc) is 2.45. The van der Waals surface area contributed by atoms with Crippen molar-refractivity contribution in [2.24, 2.45) is 5.73 Å². The molecule has 5 nitrogen and oxygen atoms in total. The van der Waals surface area contributed by atoms with E-state index in [0.717, 1.165) is 5.56 Å². The van der Waals surface area contributed by atoms with E-state index in [2.05, 4.69) is 17.2 Å². The summed E-state index contributed by atoms with van der Waals surface area (Å²) in [7, 11) is 3.37. The van der Waals surface area contributed by atoms with Crippen LogP contribution in [0.5, 0.6) is 0 Å². The van der Waals surface area contributed by atoms with Gasteiger partial charge in [-0.2, -0.15) is 0 Å². The quantitative estimate of drug-likeness (QED) is 0.770. The maximum absolute atomic E-state index is 11.8. The number of nitrogens with zero attached hydrogens (tertiary/aromatic N) is 1. The van der Waals surface area contributed by atoms with Gasteiger partial charge in [-0.05, 0) is 24.3 Å². The fourth-order valence-corrected chi connectivity index (χ4v) is 1.47. The molecule has 0 aromatic heterocycles. The number of benzene rings is 1. The molecule has 106 valence electrons. The van der Waals surface area contributed by atoms with E-state index in [1.807, 2.05) is 0 Å². The monoisotopic (exact) mass is 273 g/mol. The van der Waals surface area contributed by atoms with Gasteiger partial charge in [-0.15, -0.1) is 0 Å². The Hall–Kier alpha value is -2.32. The molecule has 1 aromatic rings. The highest BCUT2D eigenvalue weighted by Gasteiger charge is 2.07. The number of hydrogen-bond acceptors (Lipinski definition) is 3. The van der Waals surface area contributed by atoms with E-state index in [-0.39, 0.29) is 11.8 Å². The summed E-state index contributed by atoms with van der Waals surface area (Å²) in [5.41, 5.74) is 6.64. The van der Waals surface area contributed by atoms with Crippen molar-refractivity contribution in [2.45, 2.75) is 6.42 Å². The summed E-state index contributed by atoms with van der Waals surface area (Å²) in [6.45, 7) is 0.632. The number of hydrogen-bond donors (Lipinski definition) is 2. The van der Waals surface area contributed by atoms with Crippen LogP contribution in [0.4, 0.5) is 0 Å². The van der Waals surface area contributed by atoms with Gasteiger partial charge in [-0.3, -0.25) is 9.59 Å². The molecule has 0 aliphatic heterocycles. The van der Waals surface area contributed by atoms with Crippen molar-refractivity contribution in [3.63, 3.8) is 0 Å². The van der Waals surface area contributed by atoms with Crippen LogP contribution in [0.3, 0.4) is 0 Å². The molecular formula is C15H19N3O2. The van der Waals surface area contributed by atoms with Gasteiger partial charge in [-0.1, -0.05) is 11.8 Å². The van der Waals surface area contributed by atoms with Gasteiger partial charge in [0.1, 0.15) is 0 Å². The molecule has 0 heterocycles. The van der Waals surface area contributed by atoms with Gasteiger partial charge >= 0.3 is 0 Å². The fraction of sp³-hybridized carbons (Fsp3) is 0.333. The number of amides is 2. The molecule has 0 atom stereocenters. The molecule has 1 aromatic carbocycles. The van der Waals surface area contributed by atoms with Crippen LogP contribution in [0.15, 0.2) is 24.3 Å². The Labute approximate surface area is 119 Å². The summed E-state index contributed by atoms with van der Waals surface area (Å²) in [5, 5.41) is 2.70. The number of nitrogens with one attached hydrogen (secondary N) is 1. The molecular weight excluding hydrogens is 254 g/mol. The van der Waals surface area contributed by atoms with Crippen LogP contribution < -0.4 is 11.1 Å². The second-order valence-electron chi connectivity index (χ2n) is 4.38. The van der Waals surface area contributed by atoms with Crippen LogP contribution in [0.1, 0.15) is 22.3 Å². The van der Waals surface area contributed by atoms with E-state index in [1.54, 1.807) is 38.4 Å². The predicted molar refractivity (Wildman–Crippen MR) is 78.0 cm³/mol. The molecule has 0 fully saturated rings. The molecule has 5 heteroatoms. The molecule has 0 aliphatic rings. The standard InChI is InChI=1S/C15H19N3O2/c1-18(2)14(19)9-11-17-15(20)13-7-5-12(6-8-13)4-3-10-16/h5-8H,9-11,16H2,1-2H3,(H,17,20). The lowest BCUT2D eigenvalue weighted by molar-refractivity contribution is -0.128.